The topological polar surface area (TPSA) is 82.3 Å². The summed E-state index contributed by atoms with van der Waals surface area (Å²) >= 11 is 0. The number of ether oxygens (including phenoxy) is 1. The van der Waals surface area contributed by atoms with E-state index in [0.717, 1.165) is 6.29 Å². The second-order valence-corrected chi connectivity index (χ2v) is 4.55. The number of nitrogens with zero attached hydrogens (tertiary/aromatic N) is 2. The summed E-state index contributed by atoms with van der Waals surface area (Å²) in [7, 11) is 0. The molecule has 6 nitrogen and oxygen atoms in total. The van der Waals surface area contributed by atoms with Gasteiger partial charge in [-0.2, -0.15) is 0 Å². The molecule has 0 aliphatic carbocycles. The van der Waals surface area contributed by atoms with Gasteiger partial charge < -0.3 is 4.74 Å². The Balaban J connectivity index is 2.05. The van der Waals surface area contributed by atoms with Crippen molar-refractivity contribution in [3.8, 4) is 11.5 Å². The van der Waals surface area contributed by atoms with Crippen LogP contribution in [0.5, 0.6) is 11.5 Å². The lowest BCUT2D eigenvalue weighted by Crippen LogP contribution is -1.93. The Morgan fingerprint density at radius 1 is 1.05 bits per heavy atom. The highest BCUT2D eigenvalue weighted by atomic mass is 16.6. The van der Waals surface area contributed by atoms with Crippen molar-refractivity contribution in [2.24, 2.45) is 0 Å². The zero-order valence-corrected chi connectivity index (χ0v) is 11.3. The first kappa shape index (κ1) is 13.7. The van der Waals surface area contributed by atoms with Crippen LogP contribution < -0.4 is 4.74 Å². The molecule has 0 unspecified atom stereocenters. The third-order valence-corrected chi connectivity index (χ3v) is 3.20. The number of nitro groups is 1. The molecule has 0 aliphatic rings. The fourth-order valence-electron chi connectivity index (χ4n) is 2.14. The number of non-ortho nitro benzene ring substituents is 1. The summed E-state index contributed by atoms with van der Waals surface area (Å²) in [5.74, 6) is 1.03. The molecule has 108 valence electrons. The molecule has 0 saturated heterocycles. The van der Waals surface area contributed by atoms with Crippen LogP contribution in [0.3, 0.4) is 0 Å². The predicted octanol–water partition coefficient (Wildman–Crippen LogP) is 3.75. The van der Waals surface area contributed by atoms with E-state index in [9.17, 15) is 14.9 Å². The summed E-state index contributed by atoms with van der Waals surface area (Å²) in [5, 5.41) is 12.1. The molecular formula is C16H10N2O4. The van der Waals surface area contributed by atoms with Gasteiger partial charge in [0.25, 0.3) is 5.69 Å². The molecule has 22 heavy (non-hydrogen) atoms. The maximum atomic E-state index is 11.1. The molecule has 0 amide bonds. The maximum Gasteiger partial charge on any atom is 0.279 e. The minimum absolute atomic E-state index is 0.0215. The van der Waals surface area contributed by atoms with Gasteiger partial charge in [-0.1, -0.05) is 0 Å². The number of nitro benzene ring substituents is 1. The molecule has 0 fully saturated rings. The van der Waals surface area contributed by atoms with E-state index in [-0.39, 0.29) is 5.69 Å². The van der Waals surface area contributed by atoms with Crippen LogP contribution in [0.25, 0.3) is 10.8 Å². The zero-order chi connectivity index (χ0) is 15.5. The standard InChI is InChI=1S/C16H10N2O4/c19-10-11-1-3-12(4-2-11)22-16-6-5-15(18(20)21)14-9-17-8-7-13(14)16/h1-10H. The monoisotopic (exact) mass is 294 g/mol. The van der Waals surface area contributed by atoms with E-state index >= 15 is 0 Å². The molecule has 0 saturated carbocycles. The normalized spacial score (nSPS) is 10.4. The Kier molecular flexibility index (Phi) is 3.49. The van der Waals surface area contributed by atoms with Crippen molar-refractivity contribution in [3.05, 3.63) is 70.5 Å². The summed E-state index contributed by atoms with van der Waals surface area (Å²) in [4.78, 5) is 25.2. The summed E-state index contributed by atoms with van der Waals surface area (Å²) in [5.41, 5.74) is 0.525. The molecule has 0 bridgehead atoms. The number of carbonyl (C=O) groups is 1. The lowest BCUT2D eigenvalue weighted by Gasteiger charge is -2.09. The number of fused-ring (bicyclic) bond motifs is 1. The Morgan fingerprint density at radius 2 is 1.82 bits per heavy atom. The number of hydrogen-bond acceptors (Lipinski definition) is 5. The van der Waals surface area contributed by atoms with Crippen LogP contribution in [-0.2, 0) is 0 Å². The lowest BCUT2D eigenvalue weighted by molar-refractivity contribution is -0.383. The van der Waals surface area contributed by atoms with Crippen LogP contribution in [0.15, 0.2) is 54.9 Å². The number of carbonyl (C=O) groups excluding carboxylic acids is 1. The fraction of sp³-hybridized carbons (Fsp3) is 0. The highest BCUT2D eigenvalue weighted by molar-refractivity contribution is 5.94. The number of hydrogen-bond donors (Lipinski definition) is 0. The van der Waals surface area contributed by atoms with Crippen LogP contribution in [0.4, 0.5) is 5.69 Å². The van der Waals surface area contributed by atoms with E-state index in [1.165, 1.54) is 12.3 Å². The van der Waals surface area contributed by atoms with Gasteiger partial charge in [-0.3, -0.25) is 19.9 Å². The smallest absolute Gasteiger partial charge is 0.279 e. The summed E-state index contributed by atoms with van der Waals surface area (Å²) in [6.07, 6.45) is 3.74. The average molecular weight is 294 g/mol. The third-order valence-electron chi connectivity index (χ3n) is 3.20. The van der Waals surface area contributed by atoms with Crippen LogP contribution in [0.1, 0.15) is 10.4 Å². The molecule has 6 heteroatoms. The van der Waals surface area contributed by atoms with Crippen LogP contribution in [0.2, 0.25) is 0 Å². The minimum Gasteiger partial charge on any atom is -0.457 e. The Morgan fingerprint density at radius 3 is 2.50 bits per heavy atom. The van der Waals surface area contributed by atoms with Gasteiger partial charge in [-0.15, -0.1) is 0 Å². The summed E-state index contributed by atoms with van der Waals surface area (Å²) in [6.45, 7) is 0. The van der Waals surface area contributed by atoms with Crippen molar-refractivity contribution in [1.29, 1.82) is 0 Å². The van der Waals surface area contributed by atoms with Gasteiger partial charge in [0.2, 0.25) is 0 Å². The van der Waals surface area contributed by atoms with E-state index < -0.39 is 4.92 Å². The minimum atomic E-state index is -0.452. The van der Waals surface area contributed by atoms with Crippen molar-refractivity contribution in [2.75, 3.05) is 0 Å². The van der Waals surface area contributed by atoms with E-state index in [2.05, 4.69) is 4.98 Å². The van der Waals surface area contributed by atoms with Crippen LogP contribution in [-0.4, -0.2) is 16.2 Å². The third kappa shape index (κ3) is 2.49. The van der Waals surface area contributed by atoms with Crippen molar-refractivity contribution in [2.45, 2.75) is 0 Å². The first-order valence-electron chi connectivity index (χ1n) is 6.43. The Labute approximate surface area is 125 Å². The highest BCUT2D eigenvalue weighted by Crippen LogP contribution is 2.34. The molecule has 2 aromatic carbocycles. The van der Waals surface area contributed by atoms with Gasteiger partial charge in [-0.05, 0) is 36.4 Å². The van der Waals surface area contributed by atoms with Crippen molar-refractivity contribution >= 4 is 22.7 Å². The molecule has 0 spiro atoms. The average Bonchev–Trinajstić information content (AvgIpc) is 2.55. The number of rotatable bonds is 4. The van der Waals surface area contributed by atoms with Crippen molar-refractivity contribution in [1.82, 2.24) is 4.98 Å². The SMILES string of the molecule is O=Cc1ccc(Oc2ccc([N+](=O)[O-])c3cnccc23)cc1. The van der Waals surface area contributed by atoms with Gasteiger partial charge in [0.15, 0.2) is 0 Å². The Bertz CT molecular complexity index is 860. The van der Waals surface area contributed by atoms with Gasteiger partial charge in [0.05, 0.1) is 10.3 Å². The number of aromatic nitrogens is 1. The van der Waals surface area contributed by atoms with Crippen LogP contribution >= 0.6 is 0 Å². The van der Waals surface area contributed by atoms with E-state index in [4.69, 9.17) is 4.74 Å². The Hall–Kier alpha value is -3.28. The molecule has 0 aliphatic heterocycles. The molecule has 1 heterocycles. The van der Waals surface area contributed by atoms with Crippen molar-refractivity contribution < 1.29 is 14.5 Å². The molecule has 1 aromatic heterocycles. The maximum absolute atomic E-state index is 11.1. The number of pyridine rings is 1. The van der Waals surface area contributed by atoms with Gasteiger partial charge >= 0.3 is 0 Å². The van der Waals surface area contributed by atoms with Gasteiger partial charge in [0, 0.05) is 29.4 Å². The van der Waals surface area contributed by atoms with Crippen LogP contribution in [0, 0.1) is 10.1 Å². The second-order valence-electron chi connectivity index (χ2n) is 4.55. The largest absolute Gasteiger partial charge is 0.457 e. The zero-order valence-electron chi connectivity index (χ0n) is 11.3. The van der Waals surface area contributed by atoms with Gasteiger partial charge in [-0.25, -0.2) is 0 Å². The first-order valence-corrected chi connectivity index (χ1v) is 6.43. The number of aldehydes is 1. The molecule has 3 rings (SSSR count). The second kappa shape index (κ2) is 5.61. The summed E-state index contributed by atoms with van der Waals surface area (Å²) in [6, 6.07) is 11.2. The number of benzene rings is 2. The van der Waals surface area contributed by atoms with E-state index in [1.54, 1.807) is 42.6 Å². The summed E-state index contributed by atoms with van der Waals surface area (Å²) < 4.78 is 5.76. The highest BCUT2D eigenvalue weighted by Gasteiger charge is 2.15. The predicted molar refractivity (Wildman–Crippen MR) is 80.3 cm³/mol. The van der Waals surface area contributed by atoms with Gasteiger partial charge in [0.1, 0.15) is 17.8 Å². The van der Waals surface area contributed by atoms with E-state index in [1.807, 2.05) is 0 Å². The quantitative estimate of drug-likeness (QED) is 0.416. The molecule has 0 atom stereocenters. The lowest BCUT2D eigenvalue weighted by atomic mass is 10.1. The van der Waals surface area contributed by atoms with E-state index in [0.29, 0.717) is 27.8 Å². The first-order chi connectivity index (χ1) is 10.7. The molecular weight excluding hydrogens is 284 g/mol. The van der Waals surface area contributed by atoms with Crippen molar-refractivity contribution in [3.63, 3.8) is 0 Å². The fourth-order valence-corrected chi connectivity index (χ4v) is 2.14. The molecule has 0 radical (unpaired) electrons. The molecule has 3 aromatic rings. The molecule has 0 N–H and O–H groups in total.